The minimum Gasteiger partial charge on any atom is -0.379 e. The monoisotopic (exact) mass is 737 g/mol. The number of anilines is 2. The van der Waals surface area contributed by atoms with E-state index >= 15 is 0 Å². The molecular weight excluding hydrogens is 670 g/mol. The quantitative estimate of drug-likeness (QED) is 0.0510. The molecule has 2 N–H and O–H groups in total. The molecule has 11 nitrogen and oxygen atoms in total. The summed E-state index contributed by atoms with van der Waals surface area (Å²) in [6, 6.07) is 15.9. The first kappa shape index (κ1) is 43.6. The molecule has 0 aliphatic carbocycles. The number of pyridine rings is 1. The van der Waals surface area contributed by atoms with Crippen molar-refractivity contribution in [1.82, 2.24) is 10.6 Å². The highest BCUT2D eigenvalue weighted by molar-refractivity contribution is 5.91. The van der Waals surface area contributed by atoms with E-state index in [-0.39, 0.29) is 17.6 Å². The summed E-state index contributed by atoms with van der Waals surface area (Å²) in [5, 5.41) is 8.36. The third kappa shape index (κ3) is 16.4. The van der Waals surface area contributed by atoms with E-state index in [1.165, 1.54) is 40.1 Å². The number of ether oxygens (including phenoxy) is 3. The molecule has 1 heterocycles. The highest BCUT2D eigenvalue weighted by Gasteiger charge is 2.18. The highest BCUT2D eigenvalue weighted by atomic mass is 16.5. The number of aromatic nitrogens is 1. The van der Waals surface area contributed by atoms with Gasteiger partial charge in [-0.05, 0) is 82.7 Å². The maximum Gasteiger partial charge on any atom is 0.220 e. The van der Waals surface area contributed by atoms with Crippen LogP contribution in [0.15, 0.2) is 42.5 Å². The molecule has 11 heteroatoms. The van der Waals surface area contributed by atoms with Crippen molar-refractivity contribution in [2.45, 2.75) is 91.5 Å². The van der Waals surface area contributed by atoms with Gasteiger partial charge >= 0.3 is 0 Å². The van der Waals surface area contributed by atoms with Crippen molar-refractivity contribution in [2.75, 3.05) is 89.7 Å². The van der Waals surface area contributed by atoms with Crippen LogP contribution in [0.5, 0.6) is 0 Å². The number of hydrogen-bond acceptors (Lipinski definition) is 8. The Hall–Kier alpha value is -3.80. The Morgan fingerprint density at radius 3 is 1.74 bits per heavy atom. The van der Waals surface area contributed by atoms with Crippen LogP contribution in [0.1, 0.15) is 85.0 Å². The Morgan fingerprint density at radius 1 is 0.642 bits per heavy atom. The van der Waals surface area contributed by atoms with Gasteiger partial charge in [0.1, 0.15) is 12.3 Å². The number of fused-ring (bicyclic) bond motifs is 2. The normalized spacial score (nSPS) is 11.3. The van der Waals surface area contributed by atoms with Gasteiger partial charge in [-0.25, -0.2) is 0 Å². The number of aryl methyl sites for hydroxylation is 1. The summed E-state index contributed by atoms with van der Waals surface area (Å²) < 4.78 is 19.2. The van der Waals surface area contributed by atoms with Crippen molar-refractivity contribution < 1.29 is 33.2 Å². The van der Waals surface area contributed by atoms with Crippen molar-refractivity contribution in [2.24, 2.45) is 0 Å². The van der Waals surface area contributed by atoms with E-state index in [1.54, 1.807) is 0 Å². The predicted molar refractivity (Wildman–Crippen MR) is 215 cm³/mol. The molecule has 0 aliphatic heterocycles. The first-order valence-electron chi connectivity index (χ1n) is 19.8. The van der Waals surface area contributed by atoms with E-state index in [1.807, 2.05) is 0 Å². The number of carbonyl (C=O) groups excluding carboxylic acids is 3. The second kappa shape index (κ2) is 25.3. The van der Waals surface area contributed by atoms with Gasteiger partial charge in [0.15, 0.2) is 0 Å². The average Bonchev–Trinajstić information content (AvgIpc) is 3.14. The Kier molecular flexibility index (Phi) is 20.8. The zero-order valence-electron chi connectivity index (χ0n) is 33.2. The van der Waals surface area contributed by atoms with Gasteiger partial charge in [0.2, 0.25) is 22.8 Å². The van der Waals surface area contributed by atoms with Gasteiger partial charge in [-0.15, -0.1) is 0 Å². The van der Waals surface area contributed by atoms with Crippen LogP contribution in [-0.2, 0) is 35.1 Å². The standard InChI is InChI=1S/C42H65N5O6/c1-6-23-46(7-2)38-20-18-36-31-35-17-19-37(45(4)5)32-39(35)47(40(36)33-38)24-10-8-9-15-41(49)43-21-12-25-51-27-29-53-30-28-52-26-13-22-44-42(50)16-11-14-34(3)48/h17-20,31-33H,6-16,21-30H2,1-5H3,(H-,43,44,49,50)/p+1. The van der Waals surface area contributed by atoms with Crippen molar-refractivity contribution in [3.63, 3.8) is 0 Å². The Morgan fingerprint density at radius 2 is 1.19 bits per heavy atom. The van der Waals surface area contributed by atoms with Gasteiger partial charge in [-0.1, -0.05) is 6.92 Å². The van der Waals surface area contributed by atoms with E-state index in [9.17, 15) is 14.4 Å². The molecule has 0 spiro atoms. The van der Waals surface area contributed by atoms with Gasteiger partial charge < -0.3 is 39.4 Å². The molecule has 294 valence electrons. The molecule has 0 fully saturated rings. The summed E-state index contributed by atoms with van der Waals surface area (Å²) in [4.78, 5) is 39.7. The third-order valence-electron chi connectivity index (χ3n) is 9.21. The highest BCUT2D eigenvalue weighted by Crippen LogP contribution is 2.26. The van der Waals surface area contributed by atoms with Gasteiger partial charge in [0, 0.05) is 113 Å². The van der Waals surface area contributed by atoms with E-state index < -0.39 is 0 Å². The summed E-state index contributed by atoms with van der Waals surface area (Å²) in [5.41, 5.74) is 4.95. The van der Waals surface area contributed by atoms with Crippen molar-refractivity contribution in [3.8, 4) is 0 Å². The second-order valence-electron chi connectivity index (χ2n) is 13.9. The molecule has 0 saturated heterocycles. The Bertz CT molecular complexity index is 1550. The van der Waals surface area contributed by atoms with E-state index in [4.69, 9.17) is 14.2 Å². The number of ketones is 1. The first-order valence-corrected chi connectivity index (χ1v) is 19.8. The molecular formula is C42H66N5O6+. The number of carbonyl (C=O) groups is 3. The lowest BCUT2D eigenvalue weighted by Gasteiger charge is -2.22. The van der Waals surface area contributed by atoms with Crippen LogP contribution >= 0.6 is 0 Å². The number of hydrogen-bond donors (Lipinski definition) is 2. The van der Waals surface area contributed by atoms with Crippen LogP contribution in [0.4, 0.5) is 11.4 Å². The fourth-order valence-corrected chi connectivity index (χ4v) is 6.28. The van der Waals surface area contributed by atoms with Crippen molar-refractivity contribution in [3.05, 3.63) is 42.5 Å². The van der Waals surface area contributed by atoms with Gasteiger partial charge in [-0.3, -0.25) is 9.59 Å². The van der Waals surface area contributed by atoms with Crippen LogP contribution in [0, 0.1) is 0 Å². The molecule has 1 aromatic heterocycles. The van der Waals surface area contributed by atoms with Crippen LogP contribution in [0.2, 0.25) is 0 Å². The molecule has 3 rings (SSSR count). The van der Waals surface area contributed by atoms with Crippen LogP contribution in [-0.4, -0.2) is 97.5 Å². The van der Waals surface area contributed by atoms with Crippen molar-refractivity contribution >= 4 is 50.8 Å². The largest absolute Gasteiger partial charge is 0.379 e. The zero-order chi connectivity index (χ0) is 38.3. The Labute approximate surface area is 317 Å². The molecule has 2 amide bonds. The van der Waals surface area contributed by atoms with E-state index in [0.717, 1.165) is 58.2 Å². The molecule has 0 atom stereocenters. The lowest BCUT2D eigenvalue weighted by Crippen LogP contribution is -2.36. The number of benzene rings is 2. The molecule has 2 aromatic carbocycles. The molecule has 0 aliphatic rings. The van der Waals surface area contributed by atoms with Gasteiger partial charge in [0.05, 0.1) is 26.4 Å². The SMILES string of the molecule is CCCN(CC)c1ccc2cc3ccc(N(C)C)cc3[n+](CCCCCC(=O)NCCCOCCOCCOCCCNC(=O)CCCC(C)=O)c2c1. The summed E-state index contributed by atoms with van der Waals surface area (Å²) in [5.74, 6) is 0.183. The number of unbranched alkanes of at least 4 members (excludes halogenated alkanes) is 2. The number of amides is 2. The smallest absolute Gasteiger partial charge is 0.220 e. The lowest BCUT2D eigenvalue weighted by molar-refractivity contribution is -0.645. The van der Waals surface area contributed by atoms with Gasteiger partial charge in [-0.2, -0.15) is 4.57 Å². The fourth-order valence-electron chi connectivity index (χ4n) is 6.28. The van der Waals surface area contributed by atoms with Crippen LogP contribution in [0.3, 0.4) is 0 Å². The second-order valence-corrected chi connectivity index (χ2v) is 13.9. The number of nitrogens with one attached hydrogen (secondary N) is 2. The lowest BCUT2D eigenvalue weighted by atomic mass is 10.1. The maximum absolute atomic E-state index is 12.5. The molecule has 0 radical (unpaired) electrons. The summed E-state index contributed by atoms with van der Waals surface area (Å²) >= 11 is 0. The summed E-state index contributed by atoms with van der Waals surface area (Å²) in [6.45, 7) is 13.2. The minimum atomic E-state index is -0.0245. The van der Waals surface area contributed by atoms with Gasteiger partial charge in [0.25, 0.3) is 0 Å². The van der Waals surface area contributed by atoms with Crippen LogP contribution in [0.25, 0.3) is 21.8 Å². The third-order valence-corrected chi connectivity index (χ3v) is 9.21. The predicted octanol–water partition coefficient (Wildman–Crippen LogP) is 5.96. The number of rotatable bonds is 29. The first-order chi connectivity index (χ1) is 25.7. The average molecular weight is 737 g/mol. The molecule has 0 saturated carbocycles. The maximum atomic E-state index is 12.5. The number of nitrogens with zero attached hydrogens (tertiary/aromatic N) is 3. The molecule has 0 unspecified atom stereocenters. The zero-order valence-corrected chi connectivity index (χ0v) is 33.2. The molecule has 0 bridgehead atoms. The fraction of sp³-hybridized carbons (Fsp3) is 0.619. The number of Topliss-reactive ketones (excluding diaryl/α,β-unsaturated/α-hetero) is 1. The van der Waals surface area contributed by atoms with Crippen LogP contribution < -0.4 is 25.0 Å². The molecule has 53 heavy (non-hydrogen) atoms. The van der Waals surface area contributed by atoms with E-state index in [2.05, 4.69) is 95.4 Å². The summed E-state index contributed by atoms with van der Waals surface area (Å²) in [6.07, 6.45) is 7.42. The van der Waals surface area contributed by atoms with E-state index in [0.29, 0.717) is 78.4 Å². The molecule has 3 aromatic rings. The topological polar surface area (TPSA) is 113 Å². The summed E-state index contributed by atoms with van der Waals surface area (Å²) in [7, 11) is 4.17. The Balaban J connectivity index is 1.27. The minimum absolute atomic E-state index is 0.0245. The van der Waals surface area contributed by atoms with Crippen molar-refractivity contribution in [1.29, 1.82) is 0 Å².